The van der Waals surface area contributed by atoms with Crippen LogP contribution in [0.4, 0.5) is 0 Å². The van der Waals surface area contributed by atoms with Crippen LogP contribution in [0.2, 0.25) is 0 Å². The molecule has 0 N–H and O–H groups in total. The van der Waals surface area contributed by atoms with Gasteiger partial charge in [-0.05, 0) is 32.6 Å². The molecule has 2 aliphatic rings. The van der Waals surface area contributed by atoms with Crippen LogP contribution in [0.15, 0.2) is 12.2 Å². The number of rotatable bonds is 1. The van der Waals surface area contributed by atoms with Gasteiger partial charge >= 0.3 is 0 Å². The van der Waals surface area contributed by atoms with Gasteiger partial charge in [0.1, 0.15) is 0 Å². The summed E-state index contributed by atoms with van der Waals surface area (Å²) >= 11 is 0. The maximum Gasteiger partial charge on any atom is 0.161 e. The molecule has 0 spiro atoms. The molecule has 2 nitrogen and oxygen atoms in total. The third kappa shape index (κ3) is 2.32. The summed E-state index contributed by atoms with van der Waals surface area (Å²) in [4.78, 5) is 0. The fourth-order valence-corrected chi connectivity index (χ4v) is 2.00. The third-order valence-corrected chi connectivity index (χ3v) is 2.87. The first-order valence-corrected chi connectivity index (χ1v) is 5.28. The largest absolute Gasteiger partial charge is 0.352 e. The monoisotopic (exact) mass is 182 g/mol. The fourth-order valence-electron chi connectivity index (χ4n) is 2.00. The van der Waals surface area contributed by atoms with E-state index in [1.165, 1.54) is 12.8 Å². The highest BCUT2D eigenvalue weighted by molar-refractivity contribution is 4.91. The third-order valence-electron chi connectivity index (χ3n) is 2.87. The van der Waals surface area contributed by atoms with E-state index in [0.29, 0.717) is 12.0 Å². The Morgan fingerprint density at radius 2 is 2.15 bits per heavy atom. The Morgan fingerprint density at radius 1 is 1.23 bits per heavy atom. The first-order valence-electron chi connectivity index (χ1n) is 5.28. The SMILES string of the molecule is C[C@H]1CCO[C@@H]([C@H]2CC=CCC2)O1. The number of hydrogen-bond donors (Lipinski definition) is 0. The van der Waals surface area contributed by atoms with Gasteiger partial charge in [-0.2, -0.15) is 0 Å². The van der Waals surface area contributed by atoms with Crippen LogP contribution in [0.1, 0.15) is 32.6 Å². The minimum atomic E-state index is 0.0636. The van der Waals surface area contributed by atoms with Crippen molar-refractivity contribution in [3.05, 3.63) is 12.2 Å². The number of allylic oxidation sites excluding steroid dienone is 2. The summed E-state index contributed by atoms with van der Waals surface area (Å²) < 4.78 is 11.4. The van der Waals surface area contributed by atoms with Crippen LogP contribution < -0.4 is 0 Å². The average Bonchev–Trinajstić information content (AvgIpc) is 2.19. The van der Waals surface area contributed by atoms with Crippen molar-refractivity contribution in [1.29, 1.82) is 0 Å². The van der Waals surface area contributed by atoms with Crippen LogP contribution in [0, 0.1) is 5.92 Å². The summed E-state index contributed by atoms with van der Waals surface area (Å²) in [5.74, 6) is 0.591. The normalized spacial score (nSPS) is 40.5. The molecule has 74 valence electrons. The maximum atomic E-state index is 5.77. The standard InChI is InChI=1S/C11H18O2/c1-9-7-8-12-11(13-9)10-5-3-2-4-6-10/h2-3,9-11H,4-8H2,1H3/t9-,10-,11+/m0/s1. The molecule has 0 saturated carbocycles. The van der Waals surface area contributed by atoms with E-state index in [1.807, 2.05) is 0 Å². The molecule has 2 rings (SSSR count). The molecule has 1 saturated heterocycles. The quantitative estimate of drug-likeness (QED) is 0.580. The van der Waals surface area contributed by atoms with Crippen molar-refractivity contribution in [1.82, 2.24) is 0 Å². The van der Waals surface area contributed by atoms with Crippen LogP contribution in [0.25, 0.3) is 0 Å². The molecular formula is C11H18O2. The zero-order valence-electron chi connectivity index (χ0n) is 8.24. The van der Waals surface area contributed by atoms with Crippen molar-refractivity contribution in [2.75, 3.05) is 6.61 Å². The van der Waals surface area contributed by atoms with Crippen molar-refractivity contribution in [2.45, 2.75) is 45.0 Å². The van der Waals surface area contributed by atoms with Crippen LogP contribution in [-0.4, -0.2) is 19.0 Å². The zero-order chi connectivity index (χ0) is 9.10. The van der Waals surface area contributed by atoms with Gasteiger partial charge < -0.3 is 9.47 Å². The van der Waals surface area contributed by atoms with Gasteiger partial charge in [-0.3, -0.25) is 0 Å². The minimum absolute atomic E-state index is 0.0636. The Kier molecular flexibility index (Phi) is 3.01. The van der Waals surface area contributed by atoms with Gasteiger partial charge in [-0.1, -0.05) is 12.2 Å². The first-order chi connectivity index (χ1) is 6.36. The highest BCUT2D eigenvalue weighted by Crippen LogP contribution is 2.27. The summed E-state index contributed by atoms with van der Waals surface area (Å²) in [6.45, 7) is 3.00. The van der Waals surface area contributed by atoms with E-state index in [9.17, 15) is 0 Å². The van der Waals surface area contributed by atoms with E-state index in [1.54, 1.807) is 0 Å². The van der Waals surface area contributed by atoms with Crippen LogP contribution in [-0.2, 0) is 9.47 Å². The van der Waals surface area contributed by atoms with Crippen molar-refractivity contribution in [3.8, 4) is 0 Å². The second-order valence-corrected chi connectivity index (χ2v) is 4.02. The molecule has 0 amide bonds. The maximum absolute atomic E-state index is 5.77. The molecule has 1 fully saturated rings. The molecule has 0 aromatic carbocycles. The zero-order valence-corrected chi connectivity index (χ0v) is 8.24. The summed E-state index contributed by atoms with van der Waals surface area (Å²) in [5.41, 5.74) is 0. The smallest absolute Gasteiger partial charge is 0.161 e. The van der Waals surface area contributed by atoms with Gasteiger partial charge in [0.25, 0.3) is 0 Å². The lowest BCUT2D eigenvalue weighted by molar-refractivity contribution is -0.232. The lowest BCUT2D eigenvalue weighted by Crippen LogP contribution is -2.36. The second kappa shape index (κ2) is 4.25. The van der Waals surface area contributed by atoms with Crippen molar-refractivity contribution in [3.63, 3.8) is 0 Å². The first kappa shape index (κ1) is 9.22. The Hall–Kier alpha value is -0.340. The molecule has 1 aliphatic carbocycles. The Labute approximate surface area is 79.9 Å². The number of ether oxygens (including phenoxy) is 2. The van der Waals surface area contributed by atoms with Crippen molar-refractivity contribution in [2.24, 2.45) is 5.92 Å². The van der Waals surface area contributed by atoms with E-state index in [0.717, 1.165) is 19.4 Å². The Balaban J connectivity index is 1.88. The molecule has 0 radical (unpaired) electrons. The average molecular weight is 182 g/mol. The van der Waals surface area contributed by atoms with Gasteiger partial charge in [-0.15, -0.1) is 0 Å². The van der Waals surface area contributed by atoms with Crippen LogP contribution in [0.3, 0.4) is 0 Å². The van der Waals surface area contributed by atoms with Crippen LogP contribution >= 0.6 is 0 Å². The summed E-state index contributed by atoms with van der Waals surface area (Å²) in [6, 6.07) is 0. The van der Waals surface area contributed by atoms with Crippen molar-refractivity contribution >= 4 is 0 Å². The highest BCUT2D eigenvalue weighted by Gasteiger charge is 2.27. The van der Waals surface area contributed by atoms with Gasteiger partial charge in [-0.25, -0.2) is 0 Å². The van der Waals surface area contributed by atoms with E-state index in [-0.39, 0.29) is 6.29 Å². The van der Waals surface area contributed by atoms with Gasteiger partial charge in [0, 0.05) is 5.92 Å². The van der Waals surface area contributed by atoms with E-state index in [4.69, 9.17) is 9.47 Å². The molecule has 1 aliphatic heterocycles. The topological polar surface area (TPSA) is 18.5 Å². The van der Waals surface area contributed by atoms with Crippen LogP contribution in [0.5, 0.6) is 0 Å². The summed E-state index contributed by atoms with van der Waals surface area (Å²) in [5, 5.41) is 0. The molecule has 0 bridgehead atoms. The molecule has 1 heterocycles. The molecule has 3 atom stereocenters. The van der Waals surface area contributed by atoms with E-state index in [2.05, 4.69) is 19.1 Å². The lowest BCUT2D eigenvalue weighted by Gasteiger charge is -2.34. The lowest BCUT2D eigenvalue weighted by atomic mass is 9.93. The van der Waals surface area contributed by atoms with Crippen molar-refractivity contribution < 1.29 is 9.47 Å². The summed E-state index contributed by atoms with van der Waals surface area (Å²) in [7, 11) is 0. The van der Waals surface area contributed by atoms with Gasteiger partial charge in [0.05, 0.1) is 12.7 Å². The molecule has 0 aromatic heterocycles. The van der Waals surface area contributed by atoms with Gasteiger partial charge in [0.15, 0.2) is 6.29 Å². The predicted octanol–water partition coefficient (Wildman–Crippen LogP) is 2.49. The Bertz CT molecular complexity index is 189. The van der Waals surface area contributed by atoms with E-state index < -0.39 is 0 Å². The molecule has 0 unspecified atom stereocenters. The molecule has 0 aromatic rings. The fraction of sp³-hybridized carbons (Fsp3) is 0.818. The predicted molar refractivity (Wildman–Crippen MR) is 51.4 cm³/mol. The molecule has 13 heavy (non-hydrogen) atoms. The van der Waals surface area contributed by atoms with E-state index >= 15 is 0 Å². The molecule has 2 heteroatoms. The number of hydrogen-bond acceptors (Lipinski definition) is 2. The van der Waals surface area contributed by atoms with Gasteiger partial charge in [0.2, 0.25) is 0 Å². The Morgan fingerprint density at radius 3 is 2.85 bits per heavy atom. The molecular weight excluding hydrogens is 164 g/mol. The minimum Gasteiger partial charge on any atom is -0.352 e. The second-order valence-electron chi connectivity index (χ2n) is 4.02. The summed E-state index contributed by atoms with van der Waals surface area (Å²) in [6.07, 6.45) is 9.51. The highest BCUT2D eigenvalue weighted by atomic mass is 16.7.